The Labute approximate surface area is 180 Å². The van der Waals surface area contributed by atoms with E-state index in [-0.39, 0.29) is 17.7 Å². The van der Waals surface area contributed by atoms with E-state index in [2.05, 4.69) is 55.3 Å². The van der Waals surface area contributed by atoms with Gasteiger partial charge in [-0.15, -0.1) is 0 Å². The number of hydrogen-bond acceptors (Lipinski definition) is 4. The van der Waals surface area contributed by atoms with Gasteiger partial charge >= 0.3 is 0 Å². The summed E-state index contributed by atoms with van der Waals surface area (Å²) in [6.45, 7) is 11.6. The normalized spacial score (nSPS) is 21.3. The van der Waals surface area contributed by atoms with Crippen molar-refractivity contribution >= 4 is 11.8 Å². The lowest BCUT2D eigenvalue weighted by molar-refractivity contribution is -0.129. The van der Waals surface area contributed by atoms with Crippen LogP contribution in [0.5, 0.6) is 0 Å². The van der Waals surface area contributed by atoms with Gasteiger partial charge in [-0.3, -0.25) is 14.5 Å². The highest BCUT2D eigenvalue weighted by atomic mass is 16.5. The van der Waals surface area contributed by atoms with Gasteiger partial charge in [-0.2, -0.15) is 0 Å². The molecule has 30 heavy (non-hydrogen) atoms. The Kier molecular flexibility index (Phi) is 8.28. The molecule has 0 spiro atoms. The topological polar surface area (TPSA) is 61.9 Å². The molecule has 1 aromatic rings. The first-order chi connectivity index (χ1) is 14.5. The molecule has 6 nitrogen and oxygen atoms in total. The van der Waals surface area contributed by atoms with Crippen LogP contribution in [0, 0.1) is 18.8 Å². The summed E-state index contributed by atoms with van der Waals surface area (Å²) in [4.78, 5) is 29.6. The van der Waals surface area contributed by atoms with Gasteiger partial charge in [0.05, 0.1) is 19.1 Å². The number of hydrogen-bond donors (Lipinski definition) is 1. The summed E-state index contributed by atoms with van der Waals surface area (Å²) in [7, 11) is 0. The SMILES string of the molecule is CCC(CC)C(CNC(=O)C1CC(=O)N(Cc2ccc(C)cc2)C1)N1CCOCC1. The molecule has 2 unspecified atom stereocenters. The predicted molar refractivity (Wildman–Crippen MR) is 118 cm³/mol. The minimum atomic E-state index is -0.255. The highest BCUT2D eigenvalue weighted by Gasteiger charge is 2.35. The van der Waals surface area contributed by atoms with E-state index >= 15 is 0 Å². The molecule has 2 heterocycles. The van der Waals surface area contributed by atoms with Crippen LogP contribution in [-0.4, -0.2) is 67.0 Å². The average molecular weight is 416 g/mol. The maximum absolute atomic E-state index is 12.9. The Morgan fingerprint density at radius 1 is 1.17 bits per heavy atom. The molecule has 6 heteroatoms. The maximum Gasteiger partial charge on any atom is 0.225 e. The standard InChI is InChI=1S/C24H37N3O3/c1-4-20(5-2)22(26-10-12-30-13-11-26)15-25-24(29)21-14-23(28)27(17-21)16-19-8-6-18(3)7-9-19/h6-9,20-22H,4-5,10-17H2,1-3H3,(H,25,29). The monoisotopic (exact) mass is 415 g/mol. The van der Waals surface area contributed by atoms with Gasteiger partial charge in [0.15, 0.2) is 0 Å². The molecule has 0 bridgehead atoms. The summed E-state index contributed by atoms with van der Waals surface area (Å²) >= 11 is 0. The van der Waals surface area contributed by atoms with Gasteiger partial charge in [-0.05, 0) is 18.4 Å². The molecular weight excluding hydrogens is 378 g/mol. The van der Waals surface area contributed by atoms with E-state index in [0.29, 0.717) is 38.0 Å². The number of rotatable bonds is 9. The highest BCUT2D eigenvalue weighted by molar-refractivity contribution is 5.89. The second kappa shape index (κ2) is 10.9. The van der Waals surface area contributed by atoms with Crippen molar-refractivity contribution in [2.75, 3.05) is 39.4 Å². The number of carbonyl (C=O) groups is 2. The molecule has 2 fully saturated rings. The summed E-state index contributed by atoms with van der Waals surface area (Å²) in [6, 6.07) is 8.55. The van der Waals surface area contributed by atoms with Gasteiger partial charge in [0.1, 0.15) is 0 Å². The third-order valence-corrected chi connectivity index (χ3v) is 6.67. The molecule has 0 radical (unpaired) electrons. The van der Waals surface area contributed by atoms with Gasteiger partial charge in [0, 0.05) is 45.2 Å². The smallest absolute Gasteiger partial charge is 0.225 e. The molecule has 2 aliphatic rings. The highest BCUT2D eigenvalue weighted by Crippen LogP contribution is 2.22. The van der Waals surface area contributed by atoms with E-state index in [1.807, 2.05) is 4.90 Å². The van der Waals surface area contributed by atoms with Crippen LogP contribution in [0.25, 0.3) is 0 Å². The zero-order valence-corrected chi connectivity index (χ0v) is 18.7. The minimum absolute atomic E-state index is 0.0129. The van der Waals surface area contributed by atoms with Crippen LogP contribution in [0.3, 0.4) is 0 Å². The van der Waals surface area contributed by atoms with Gasteiger partial charge in [-0.25, -0.2) is 0 Å². The molecule has 166 valence electrons. The lowest BCUT2D eigenvalue weighted by Gasteiger charge is -2.39. The number of nitrogens with one attached hydrogen (secondary N) is 1. The third kappa shape index (κ3) is 5.82. The zero-order chi connectivity index (χ0) is 21.5. The van der Waals surface area contributed by atoms with Crippen molar-refractivity contribution in [3.8, 4) is 0 Å². The first-order valence-corrected chi connectivity index (χ1v) is 11.4. The fraction of sp³-hybridized carbons (Fsp3) is 0.667. The molecule has 2 saturated heterocycles. The second-order valence-corrected chi connectivity index (χ2v) is 8.70. The van der Waals surface area contributed by atoms with Crippen molar-refractivity contribution < 1.29 is 14.3 Å². The van der Waals surface area contributed by atoms with E-state index in [9.17, 15) is 9.59 Å². The second-order valence-electron chi connectivity index (χ2n) is 8.70. The zero-order valence-electron chi connectivity index (χ0n) is 18.7. The first-order valence-electron chi connectivity index (χ1n) is 11.4. The predicted octanol–water partition coefficient (Wildman–Crippen LogP) is 2.60. The quantitative estimate of drug-likeness (QED) is 0.673. The van der Waals surface area contributed by atoms with Crippen LogP contribution >= 0.6 is 0 Å². The van der Waals surface area contributed by atoms with Crippen molar-refractivity contribution in [2.45, 2.75) is 52.6 Å². The molecule has 2 amide bonds. The number of likely N-dealkylation sites (tertiary alicyclic amines) is 1. The maximum atomic E-state index is 12.9. The van der Waals surface area contributed by atoms with Gasteiger partial charge < -0.3 is 15.0 Å². The molecular formula is C24H37N3O3. The van der Waals surface area contributed by atoms with Crippen LogP contribution in [-0.2, 0) is 20.9 Å². The van der Waals surface area contributed by atoms with Crippen LogP contribution in [0.2, 0.25) is 0 Å². The number of amides is 2. The van der Waals surface area contributed by atoms with Crippen molar-refractivity contribution in [1.29, 1.82) is 0 Å². The summed E-state index contributed by atoms with van der Waals surface area (Å²) in [6.07, 6.45) is 2.51. The van der Waals surface area contributed by atoms with E-state index in [1.54, 1.807) is 0 Å². The van der Waals surface area contributed by atoms with E-state index in [4.69, 9.17) is 4.74 Å². The van der Waals surface area contributed by atoms with E-state index in [1.165, 1.54) is 5.56 Å². The Morgan fingerprint density at radius 3 is 2.47 bits per heavy atom. The first kappa shape index (κ1) is 22.8. The average Bonchev–Trinajstić information content (AvgIpc) is 3.13. The number of nitrogens with zero attached hydrogens (tertiary/aromatic N) is 2. The Balaban J connectivity index is 1.55. The fourth-order valence-corrected chi connectivity index (χ4v) is 4.70. The number of ether oxygens (including phenoxy) is 1. The molecule has 1 N–H and O–H groups in total. The van der Waals surface area contributed by atoms with E-state index in [0.717, 1.165) is 44.7 Å². The Bertz CT molecular complexity index is 696. The summed E-state index contributed by atoms with van der Waals surface area (Å²) in [5.74, 6) is 0.376. The summed E-state index contributed by atoms with van der Waals surface area (Å²) in [5.41, 5.74) is 2.31. The summed E-state index contributed by atoms with van der Waals surface area (Å²) < 4.78 is 5.51. The van der Waals surface area contributed by atoms with Crippen molar-refractivity contribution in [2.24, 2.45) is 11.8 Å². The lowest BCUT2D eigenvalue weighted by atomic mass is 9.92. The largest absolute Gasteiger partial charge is 0.379 e. The summed E-state index contributed by atoms with van der Waals surface area (Å²) in [5, 5.41) is 3.18. The number of benzene rings is 1. The molecule has 0 saturated carbocycles. The van der Waals surface area contributed by atoms with Crippen LogP contribution in [0.1, 0.15) is 44.2 Å². The van der Waals surface area contributed by atoms with Crippen molar-refractivity contribution in [3.05, 3.63) is 35.4 Å². The molecule has 3 rings (SSSR count). The van der Waals surface area contributed by atoms with Crippen molar-refractivity contribution in [1.82, 2.24) is 15.1 Å². The molecule has 1 aromatic carbocycles. The van der Waals surface area contributed by atoms with Crippen molar-refractivity contribution in [3.63, 3.8) is 0 Å². The number of morpholine rings is 1. The number of aryl methyl sites for hydroxylation is 1. The van der Waals surface area contributed by atoms with Gasteiger partial charge in [0.25, 0.3) is 0 Å². The van der Waals surface area contributed by atoms with Gasteiger partial charge in [-0.1, -0.05) is 56.5 Å². The lowest BCUT2D eigenvalue weighted by Crippen LogP contribution is -2.52. The Hall–Kier alpha value is -1.92. The molecule has 0 aliphatic carbocycles. The molecule has 2 atom stereocenters. The minimum Gasteiger partial charge on any atom is -0.379 e. The molecule has 0 aromatic heterocycles. The van der Waals surface area contributed by atoms with Gasteiger partial charge in [0.2, 0.25) is 11.8 Å². The van der Waals surface area contributed by atoms with Crippen LogP contribution in [0.4, 0.5) is 0 Å². The van der Waals surface area contributed by atoms with Crippen LogP contribution in [0.15, 0.2) is 24.3 Å². The third-order valence-electron chi connectivity index (χ3n) is 6.67. The fourth-order valence-electron chi connectivity index (χ4n) is 4.70. The van der Waals surface area contributed by atoms with E-state index < -0.39 is 0 Å². The number of carbonyl (C=O) groups excluding carboxylic acids is 2. The Morgan fingerprint density at radius 2 is 1.83 bits per heavy atom. The molecule has 2 aliphatic heterocycles. The van der Waals surface area contributed by atoms with Crippen LogP contribution < -0.4 is 5.32 Å².